The molecule has 3 aliphatic carbocycles. The van der Waals surface area contributed by atoms with Crippen molar-refractivity contribution in [3.8, 4) is 22.4 Å². The van der Waals surface area contributed by atoms with Crippen molar-refractivity contribution >= 4 is 16.9 Å². The van der Waals surface area contributed by atoms with E-state index in [-0.39, 0.29) is 6.10 Å². The van der Waals surface area contributed by atoms with Crippen molar-refractivity contribution in [1.29, 1.82) is 5.26 Å². The summed E-state index contributed by atoms with van der Waals surface area (Å²) < 4.78 is 5.79. The molecule has 5 rings (SSSR count). The van der Waals surface area contributed by atoms with Crippen molar-refractivity contribution in [3.05, 3.63) is 52.6 Å². The second-order valence-corrected chi connectivity index (χ2v) is 11.4. The number of nitriles is 1. The zero-order valence-electron chi connectivity index (χ0n) is 20.5. The highest BCUT2D eigenvalue weighted by molar-refractivity contribution is 7.16. The lowest BCUT2D eigenvalue weighted by molar-refractivity contribution is 0.242. The zero-order chi connectivity index (χ0) is 23.7. The van der Waals surface area contributed by atoms with Gasteiger partial charge in [-0.15, -0.1) is 11.3 Å². The fourth-order valence-electron chi connectivity index (χ4n) is 6.01. The van der Waals surface area contributed by atoms with Crippen LogP contribution >= 0.6 is 11.3 Å². The molecule has 1 heterocycles. The van der Waals surface area contributed by atoms with Gasteiger partial charge in [-0.25, -0.2) is 4.98 Å². The first kappa shape index (κ1) is 23.3. The van der Waals surface area contributed by atoms with E-state index in [1.165, 1.54) is 55.4 Å². The molecule has 5 heteroatoms. The van der Waals surface area contributed by atoms with E-state index in [9.17, 15) is 5.26 Å². The molecule has 0 spiro atoms. The predicted molar refractivity (Wildman–Crippen MR) is 140 cm³/mol. The Bertz CT molecular complexity index is 1130. The van der Waals surface area contributed by atoms with Gasteiger partial charge in [0.25, 0.3) is 0 Å². The van der Waals surface area contributed by atoms with Crippen molar-refractivity contribution < 1.29 is 4.74 Å². The molecule has 1 aromatic heterocycles. The molecule has 0 radical (unpaired) electrons. The Morgan fingerprint density at radius 3 is 2.76 bits per heavy atom. The summed E-state index contributed by atoms with van der Waals surface area (Å²) in [5.41, 5.74) is 4.52. The Balaban J connectivity index is 1.39. The van der Waals surface area contributed by atoms with Crippen LogP contribution in [0.3, 0.4) is 0 Å². The Kier molecular flexibility index (Phi) is 6.90. The number of nitrogens with zero attached hydrogens (tertiary/aromatic N) is 2. The van der Waals surface area contributed by atoms with E-state index in [1.807, 2.05) is 38.2 Å². The molecule has 3 unspecified atom stereocenters. The molecule has 4 nitrogen and oxygen atoms in total. The lowest BCUT2D eigenvalue weighted by Crippen LogP contribution is -2.43. The second kappa shape index (κ2) is 10.1. The molecular formula is C29H35N3OS. The minimum atomic E-state index is 0.0362. The third kappa shape index (κ3) is 4.72. The van der Waals surface area contributed by atoms with Crippen LogP contribution in [0.1, 0.15) is 76.2 Å². The summed E-state index contributed by atoms with van der Waals surface area (Å²) in [7, 11) is 0. The normalized spacial score (nSPS) is 25.0. The molecule has 1 N–H and O–H groups in total. The van der Waals surface area contributed by atoms with Crippen LogP contribution in [0.2, 0.25) is 0 Å². The summed E-state index contributed by atoms with van der Waals surface area (Å²) in [5.74, 6) is 1.80. The molecule has 34 heavy (non-hydrogen) atoms. The minimum absolute atomic E-state index is 0.0362. The molecule has 2 aromatic rings. The predicted octanol–water partition coefficient (Wildman–Crippen LogP) is 7.13. The van der Waals surface area contributed by atoms with Crippen molar-refractivity contribution in [2.45, 2.75) is 83.9 Å². The topological polar surface area (TPSA) is 57.9 Å². The van der Waals surface area contributed by atoms with Crippen LogP contribution in [0.15, 0.2) is 42.1 Å². The highest BCUT2D eigenvalue weighted by Crippen LogP contribution is 2.47. The van der Waals surface area contributed by atoms with E-state index >= 15 is 0 Å². The van der Waals surface area contributed by atoms with Gasteiger partial charge in [-0.3, -0.25) is 0 Å². The first-order valence-electron chi connectivity index (χ1n) is 12.9. The van der Waals surface area contributed by atoms with Gasteiger partial charge in [0.15, 0.2) is 0 Å². The monoisotopic (exact) mass is 473 g/mol. The minimum Gasteiger partial charge on any atom is -0.490 e. The van der Waals surface area contributed by atoms with Gasteiger partial charge < -0.3 is 10.1 Å². The first-order chi connectivity index (χ1) is 16.5. The maximum Gasteiger partial charge on any atom is 0.137 e. The SMILES string of the molecule is CC(C)Oc1ccc(-c2ncc(C3=C4CCC(NC5CCCCC5)C4C(C)C=C3)s2)cc1C#N. The molecule has 3 aliphatic rings. The lowest BCUT2D eigenvalue weighted by Gasteiger charge is -2.33. The number of hydrogen-bond acceptors (Lipinski definition) is 5. The molecule has 2 saturated carbocycles. The Morgan fingerprint density at radius 2 is 2.00 bits per heavy atom. The van der Waals surface area contributed by atoms with E-state index in [0.29, 0.717) is 35.2 Å². The number of ether oxygens (including phenoxy) is 1. The van der Waals surface area contributed by atoms with E-state index < -0.39 is 0 Å². The average molecular weight is 474 g/mol. The van der Waals surface area contributed by atoms with Crippen LogP contribution in [-0.4, -0.2) is 23.2 Å². The van der Waals surface area contributed by atoms with E-state index in [2.05, 4.69) is 30.5 Å². The standard InChI is InChI=1S/C29H35N3OS/c1-18(2)33-26-14-10-20(15-21(26)16-30)29-31-17-27(34-29)23-11-9-19(3)28-24(23)12-13-25(28)32-22-7-5-4-6-8-22/h9-11,14-15,17-19,22,25,28,32H,4-8,12-13H2,1-3H3. The van der Waals surface area contributed by atoms with Gasteiger partial charge in [0.2, 0.25) is 0 Å². The van der Waals surface area contributed by atoms with Crippen LogP contribution in [-0.2, 0) is 0 Å². The van der Waals surface area contributed by atoms with Crippen LogP contribution in [0.25, 0.3) is 16.1 Å². The fourth-order valence-corrected chi connectivity index (χ4v) is 6.98. The van der Waals surface area contributed by atoms with E-state index in [4.69, 9.17) is 9.72 Å². The Labute approximate surface area is 207 Å². The van der Waals surface area contributed by atoms with Gasteiger partial charge in [-0.2, -0.15) is 5.26 Å². The fraction of sp³-hybridized carbons (Fsp3) is 0.517. The third-order valence-corrected chi connectivity index (χ3v) is 8.65. The number of benzene rings is 1. The van der Waals surface area contributed by atoms with Crippen molar-refractivity contribution in [3.63, 3.8) is 0 Å². The summed E-state index contributed by atoms with van der Waals surface area (Å²) in [6, 6.07) is 9.38. The highest BCUT2D eigenvalue weighted by atomic mass is 32.1. The molecule has 3 atom stereocenters. The molecular weight excluding hydrogens is 438 g/mol. The van der Waals surface area contributed by atoms with Gasteiger partial charge in [0, 0.05) is 29.8 Å². The quantitative estimate of drug-likeness (QED) is 0.485. The summed E-state index contributed by atoms with van der Waals surface area (Å²) in [6.45, 7) is 6.32. The molecule has 0 bridgehead atoms. The van der Waals surface area contributed by atoms with Gasteiger partial charge in [0.05, 0.1) is 16.5 Å². The largest absolute Gasteiger partial charge is 0.490 e. The number of thiazole rings is 1. The summed E-state index contributed by atoms with van der Waals surface area (Å²) in [6.07, 6.45) is 16.0. The van der Waals surface area contributed by atoms with Crippen LogP contribution < -0.4 is 10.1 Å². The Hall–Kier alpha value is -2.42. The first-order valence-corrected chi connectivity index (χ1v) is 13.7. The number of rotatable bonds is 6. The number of nitrogens with one attached hydrogen (secondary N) is 1. The summed E-state index contributed by atoms with van der Waals surface area (Å²) in [5, 5.41) is 14.6. The van der Waals surface area contributed by atoms with Crippen molar-refractivity contribution in [2.75, 3.05) is 0 Å². The smallest absolute Gasteiger partial charge is 0.137 e. The van der Waals surface area contributed by atoms with E-state index in [1.54, 1.807) is 16.9 Å². The molecule has 0 aliphatic heterocycles. The number of hydrogen-bond donors (Lipinski definition) is 1. The molecule has 2 fully saturated rings. The third-order valence-electron chi connectivity index (χ3n) is 7.58. The van der Waals surface area contributed by atoms with Gasteiger partial charge in [-0.1, -0.05) is 43.9 Å². The molecule has 0 amide bonds. The maximum absolute atomic E-state index is 9.61. The number of fused-ring (bicyclic) bond motifs is 1. The summed E-state index contributed by atoms with van der Waals surface area (Å²) >= 11 is 1.73. The van der Waals surface area contributed by atoms with E-state index in [0.717, 1.165) is 10.6 Å². The zero-order valence-corrected chi connectivity index (χ0v) is 21.3. The number of allylic oxidation sites excluding steroid dienone is 3. The van der Waals surface area contributed by atoms with Gasteiger partial charge >= 0.3 is 0 Å². The lowest BCUT2D eigenvalue weighted by atomic mass is 9.79. The van der Waals surface area contributed by atoms with Gasteiger partial charge in [0.1, 0.15) is 16.8 Å². The van der Waals surface area contributed by atoms with Crippen LogP contribution in [0.4, 0.5) is 0 Å². The van der Waals surface area contributed by atoms with Crippen LogP contribution in [0, 0.1) is 23.2 Å². The number of aromatic nitrogens is 1. The van der Waals surface area contributed by atoms with Gasteiger partial charge in [-0.05, 0) is 69.2 Å². The highest BCUT2D eigenvalue weighted by Gasteiger charge is 2.39. The van der Waals surface area contributed by atoms with Crippen LogP contribution in [0.5, 0.6) is 5.75 Å². The average Bonchev–Trinajstić information content (AvgIpc) is 3.49. The summed E-state index contributed by atoms with van der Waals surface area (Å²) in [4.78, 5) is 5.99. The Morgan fingerprint density at radius 1 is 1.18 bits per heavy atom. The van der Waals surface area contributed by atoms with Crippen molar-refractivity contribution in [2.24, 2.45) is 11.8 Å². The molecule has 178 valence electrons. The molecule has 1 aromatic carbocycles. The maximum atomic E-state index is 9.61. The molecule has 0 saturated heterocycles. The van der Waals surface area contributed by atoms with Crippen molar-refractivity contribution in [1.82, 2.24) is 10.3 Å². The second-order valence-electron chi connectivity index (χ2n) is 10.3.